The van der Waals surface area contributed by atoms with Crippen molar-refractivity contribution in [2.75, 3.05) is 0 Å². The summed E-state index contributed by atoms with van der Waals surface area (Å²) in [5, 5.41) is 16.6. The zero-order valence-electron chi connectivity index (χ0n) is 22.9. The van der Waals surface area contributed by atoms with Crippen molar-refractivity contribution in [3.8, 4) is 68.6 Å². The molecule has 0 fully saturated rings. The molecule has 4 heterocycles. The summed E-state index contributed by atoms with van der Waals surface area (Å²) in [6, 6.07) is 25.4. The Kier molecular flexibility index (Phi) is 6.74. The van der Waals surface area contributed by atoms with E-state index in [-0.39, 0.29) is 40.6 Å². The highest BCUT2D eigenvalue weighted by Gasteiger charge is 2.17. The number of pyridine rings is 2. The first-order valence-electron chi connectivity index (χ1n) is 13.4. The lowest BCUT2D eigenvalue weighted by molar-refractivity contribution is 0.579. The van der Waals surface area contributed by atoms with Crippen molar-refractivity contribution in [3.05, 3.63) is 120 Å². The molecule has 8 nitrogen and oxygen atoms in total. The third-order valence-corrected chi connectivity index (χ3v) is 6.75. The van der Waals surface area contributed by atoms with Gasteiger partial charge in [0.15, 0.2) is 0 Å². The molecule has 214 valence electrons. The molecule has 0 saturated carbocycles. The van der Waals surface area contributed by atoms with Crippen LogP contribution in [0.1, 0.15) is 5.56 Å². The Hall–Kier alpha value is -5.97. The van der Waals surface area contributed by atoms with Crippen LogP contribution in [0.4, 0.5) is 13.2 Å². The Bertz CT molecular complexity index is 2010. The molecule has 0 N–H and O–H groups in total. The number of halogens is 3. The highest BCUT2D eigenvalue weighted by Crippen LogP contribution is 2.31. The van der Waals surface area contributed by atoms with Gasteiger partial charge in [0, 0.05) is 28.3 Å². The van der Waals surface area contributed by atoms with Crippen LogP contribution in [0.3, 0.4) is 0 Å². The molecule has 11 heteroatoms. The molecular weight excluding hydrogens is 569 g/mol. The second kappa shape index (κ2) is 11.0. The zero-order valence-corrected chi connectivity index (χ0v) is 22.9. The Morgan fingerprint density at radius 2 is 0.955 bits per heavy atom. The molecule has 0 spiro atoms. The predicted octanol–water partition coefficient (Wildman–Crippen LogP) is 7.97. The molecule has 0 aliphatic heterocycles. The third kappa shape index (κ3) is 5.22. The van der Waals surface area contributed by atoms with E-state index in [4.69, 9.17) is 8.83 Å². The molecule has 0 saturated heterocycles. The molecule has 7 aromatic rings. The van der Waals surface area contributed by atoms with Gasteiger partial charge in [-0.3, -0.25) is 0 Å². The van der Waals surface area contributed by atoms with Crippen LogP contribution in [0.15, 0.2) is 106 Å². The highest BCUT2D eigenvalue weighted by atomic mass is 19.1. The first kappa shape index (κ1) is 26.9. The summed E-state index contributed by atoms with van der Waals surface area (Å²) in [6.45, 7) is 1.82. The van der Waals surface area contributed by atoms with E-state index in [1.807, 2.05) is 13.0 Å². The summed E-state index contributed by atoms with van der Waals surface area (Å²) in [5.41, 5.74) is 3.95. The molecule has 0 aliphatic carbocycles. The number of nitrogens with zero attached hydrogens (tertiary/aromatic N) is 6. The summed E-state index contributed by atoms with van der Waals surface area (Å²) in [6.07, 6.45) is 0. The van der Waals surface area contributed by atoms with Crippen molar-refractivity contribution in [2.24, 2.45) is 0 Å². The lowest BCUT2D eigenvalue weighted by Gasteiger charge is -2.05. The Labute approximate surface area is 247 Å². The maximum atomic E-state index is 14.5. The van der Waals surface area contributed by atoms with E-state index in [0.29, 0.717) is 33.8 Å². The van der Waals surface area contributed by atoms with E-state index in [9.17, 15) is 13.2 Å². The van der Waals surface area contributed by atoms with Gasteiger partial charge in [-0.15, -0.1) is 20.4 Å². The van der Waals surface area contributed by atoms with Gasteiger partial charge in [0.1, 0.15) is 28.8 Å². The van der Waals surface area contributed by atoms with Crippen molar-refractivity contribution in [2.45, 2.75) is 6.92 Å². The summed E-state index contributed by atoms with van der Waals surface area (Å²) in [7, 11) is 0. The van der Waals surface area contributed by atoms with Gasteiger partial charge in [-0.2, -0.15) is 0 Å². The number of aryl methyl sites for hydroxylation is 1. The standard InChI is InChI=1S/C33H19F3N6O2/c1-18-11-13-22(24(35)15-18)26-7-3-9-28(37-26)32-41-39-30(43-32)19-5-2-6-20(16-19)31-40-42-33(44-31)29-10-4-8-27(38-29)23-14-12-21(34)17-25(23)36/h2-17H,1H3. The van der Waals surface area contributed by atoms with Crippen LogP contribution >= 0.6 is 0 Å². The van der Waals surface area contributed by atoms with Crippen molar-refractivity contribution in [1.82, 2.24) is 30.4 Å². The minimum Gasteiger partial charge on any atom is -0.415 e. The molecule has 0 unspecified atom stereocenters. The normalized spacial score (nSPS) is 11.2. The second-order valence-corrected chi connectivity index (χ2v) is 9.83. The molecule has 3 aromatic carbocycles. The Morgan fingerprint density at radius 3 is 1.50 bits per heavy atom. The number of hydrogen-bond donors (Lipinski definition) is 0. The van der Waals surface area contributed by atoms with Crippen LogP contribution in [-0.4, -0.2) is 30.4 Å². The van der Waals surface area contributed by atoms with Gasteiger partial charge in [-0.25, -0.2) is 23.1 Å². The van der Waals surface area contributed by atoms with E-state index in [0.717, 1.165) is 17.7 Å². The maximum Gasteiger partial charge on any atom is 0.266 e. The smallest absolute Gasteiger partial charge is 0.266 e. The van der Waals surface area contributed by atoms with Crippen molar-refractivity contribution < 1.29 is 22.0 Å². The average molecular weight is 589 g/mol. The number of rotatable bonds is 6. The largest absolute Gasteiger partial charge is 0.415 e. The quantitative estimate of drug-likeness (QED) is 0.193. The van der Waals surface area contributed by atoms with Crippen LogP contribution in [0.5, 0.6) is 0 Å². The molecule has 0 atom stereocenters. The van der Waals surface area contributed by atoms with Crippen LogP contribution < -0.4 is 0 Å². The minimum absolute atomic E-state index is 0.116. The first-order valence-corrected chi connectivity index (χ1v) is 13.4. The number of benzene rings is 3. The van der Waals surface area contributed by atoms with Crippen LogP contribution in [0.2, 0.25) is 0 Å². The number of aromatic nitrogens is 6. The van der Waals surface area contributed by atoms with Crippen LogP contribution in [0.25, 0.3) is 68.6 Å². The third-order valence-electron chi connectivity index (χ3n) is 6.75. The van der Waals surface area contributed by atoms with Crippen LogP contribution in [0, 0.1) is 24.4 Å². The molecule has 0 aliphatic rings. The Balaban J connectivity index is 1.15. The summed E-state index contributed by atoms with van der Waals surface area (Å²) in [5.74, 6) is -1.06. The molecule has 0 radical (unpaired) electrons. The monoisotopic (exact) mass is 588 g/mol. The molecule has 44 heavy (non-hydrogen) atoms. The maximum absolute atomic E-state index is 14.5. The van der Waals surface area contributed by atoms with Gasteiger partial charge in [0.2, 0.25) is 11.8 Å². The molecular formula is C33H19F3N6O2. The van der Waals surface area contributed by atoms with E-state index >= 15 is 0 Å². The van der Waals surface area contributed by atoms with Gasteiger partial charge < -0.3 is 8.83 Å². The lowest BCUT2D eigenvalue weighted by Crippen LogP contribution is -1.91. The topological polar surface area (TPSA) is 104 Å². The minimum atomic E-state index is -0.731. The first-order chi connectivity index (χ1) is 21.4. The predicted molar refractivity (Wildman–Crippen MR) is 155 cm³/mol. The fraction of sp³-hybridized carbons (Fsp3) is 0.0303. The molecule has 7 rings (SSSR count). The molecule has 0 amide bonds. The van der Waals surface area contributed by atoms with E-state index < -0.39 is 11.6 Å². The van der Waals surface area contributed by atoms with E-state index in [2.05, 4.69) is 30.4 Å². The summed E-state index contributed by atoms with van der Waals surface area (Å²) in [4.78, 5) is 8.95. The molecule has 4 aromatic heterocycles. The lowest BCUT2D eigenvalue weighted by atomic mass is 10.1. The second-order valence-electron chi connectivity index (χ2n) is 9.83. The fourth-order valence-electron chi connectivity index (χ4n) is 4.60. The highest BCUT2D eigenvalue weighted by molar-refractivity contribution is 5.68. The summed E-state index contributed by atoms with van der Waals surface area (Å²) >= 11 is 0. The molecule has 0 bridgehead atoms. The number of hydrogen-bond acceptors (Lipinski definition) is 8. The van der Waals surface area contributed by atoms with Crippen molar-refractivity contribution in [1.29, 1.82) is 0 Å². The van der Waals surface area contributed by atoms with Gasteiger partial charge in [0.05, 0.1) is 11.4 Å². The summed E-state index contributed by atoms with van der Waals surface area (Å²) < 4.78 is 54.0. The zero-order chi connectivity index (χ0) is 30.2. The van der Waals surface area contributed by atoms with Gasteiger partial charge >= 0.3 is 0 Å². The van der Waals surface area contributed by atoms with Gasteiger partial charge in [-0.05, 0) is 79.2 Å². The Morgan fingerprint density at radius 1 is 0.477 bits per heavy atom. The van der Waals surface area contributed by atoms with Gasteiger partial charge in [0.25, 0.3) is 11.8 Å². The van der Waals surface area contributed by atoms with Crippen molar-refractivity contribution >= 4 is 0 Å². The van der Waals surface area contributed by atoms with Crippen LogP contribution in [-0.2, 0) is 0 Å². The van der Waals surface area contributed by atoms with E-state index in [1.165, 1.54) is 12.1 Å². The van der Waals surface area contributed by atoms with Crippen molar-refractivity contribution in [3.63, 3.8) is 0 Å². The average Bonchev–Trinajstić information content (AvgIpc) is 3.73. The van der Waals surface area contributed by atoms with Gasteiger partial charge in [-0.1, -0.05) is 24.3 Å². The SMILES string of the molecule is Cc1ccc(-c2cccc(-c3nnc(-c4cccc(-c5nnc(-c6cccc(-c7ccc(F)cc7F)n6)o5)c4)o3)n2)c(F)c1. The van der Waals surface area contributed by atoms with E-state index in [1.54, 1.807) is 66.7 Å². The fourth-order valence-corrected chi connectivity index (χ4v) is 4.60.